The predicted octanol–water partition coefficient (Wildman–Crippen LogP) is 6.55. The molecule has 8 N–H and O–H groups in total. The van der Waals surface area contributed by atoms with Crippen molar-refractivity contribution >= 4 is 17.1 Å². The van der Waals surface area contributed by atoms with E-state index in [-0.39, 0.29) is 7.43 Å². The Bertz CT molecular complexity index is 961. The second kappa shape index (κ2) is 16.7. The molecule has 4 aromatic rings. The Morgan fingerprint density at radius 1 is 0.528 bits per heavy atom. The second-order valence-electron chi connectivity index (χ2n) is 8.22. The Balaban J connectivity index is 0.000000522. The maximum Gasteiger partial charge on any atom is 0.0378 e. The van der Waals surface area contributed by atoms with E-state index in [1.165, 1.54) is 46.0 Å². The normalized spacial score (nSPS) is 9.19. The first kappa shape index (κ1) is 32.2. The highest BCUT2D eigenvalue weighted by Gasteiger charge is 2.08. The van der Waals surface area contributed by atoms with Crippen LogP contribution in [0.15, 0.2) is 79.1 Å². The zero-order valence-corrected chi connectivity index (χ0v) is 22.0. The monoisotopic (exact) mass is 487 g/mol. The molecule has 0 radical (unpaired) electrons. The van der Waals surface area contributed by atoms with E-state index in [1.807, 2.05) is 66.7 Å². The quantitative estimate of drug-likeness (QED) is 0.239. The molecule has 0 aliphatic heterocycles. The molecule has 5 heteroatoms. The largest absolute Gasteiger partial charge is 0.399 e. The molecule has 0 spiro atoms. The first-order chi connectivity index (χ1) is 16.7. The van der Waals surface area contributed by atoms with E-state index >= 15 is 0 Å². The lowest BCUT2D eigenvalue weighted by molar-refractivity contribution is 1.18. The maximum absolute atomic E-state index is 5.95. The lowest BCUT2D eigenvalue weighted by Crippen LogP contribution is -2.01. The summed E-state index contributed by atoms with van der Waals surface area (Å²) in [6, 6.07) is 21.6. The van der Waals surface area contributed by atoms with Crippen LogP contribution >= 0.6 is 0 Å². The summed E-state index contributed by atoms with van der Waals surface area (Å²) in [5, 5.41) is 0. The van der Waals surface area contributed by atoms with Gasteiger partial charge in [0, 0.05) is 29.5 Å². The molecule has 0 aliphatic carbocycles. The number of aromatic nitrogens is 1. The fraction of sp³-hybridized carbons (Fsp3) is 0.258. The number of nitrogen functional groups attached to an aromatic ring is 3. The summed E-state index contributed by atoms with van der Waals surface area (Å²) in [6.07, 6.45) is 4.42. The molecular formula is C31H45N5. The van der Waals surface area contributed by atoms with E-state index in [0.29, 0.717) is 0 Å². The Morgan fingerprint density at radius 3 is 1.14 bits per heavy atom. The highest BCUT2D eigenvalue weighted by molar-refractivity contribution is 5.61. The van der Waals surface area contributed by atoms with Crippen molar-refractivity contribution in [3.63, 3.8) is 0 Å². The molecule has 0 saturated heterocycles. The lowest BCUT2D eigenvalue weighted by atomic mass is 9.93. The van der Waals surface area contributed by atoms with Crippen molar-refractivity contribution in [3.05, 3.63) is 118 Å². The zero-order valence-electron chi connectivity index (χ0n) is 22.0. The first-order valence-electron chi connectivity index (χ1n) is 11.6. The van der Waals surface area contributed by atoms with E-state index < -0.39 is 0 Å². The van der Waals surface area contributed by atoms with Crippen molar-refractivity contribution in [1.29, 1.82) is 0 Å². The number of nitrogens with two attached hydrogens (primary N) is 4. The number of nitrogens with zero attached hydrogens (tertiary/aromatic N) is 1. The molecule has 0 fully saturated rings. The van der Waals surface area contributed by atoms with Gasteiger partial charge in [-0.05, 0) is 123 Å². The minimum Gasteiger partial charge on any atom is -0.399 e. The number of pyridine rings is 1. The van der Waals surface area contributed by atoms with Crippen molar-refractivity contribution in [2.75, 3.05) is 24.2 Å². The third kappa shape index (κ3) is 10.2. The summed E-state index contributed by atoms with van der Waals surface area (Å²) in [5.74, 6) is 0. The third-order valence-electron chi connectivity index (χ3n) is 5.99. The Hall–Kier alpha value is -3.83. The molecule has 4 rings (SSSR count). The van der Waals surface area contributed by atoms with Crippen molar-refractivity contribution in [2.45, 2.75) is 48.5 Å². The Kier molecular flexibility index (Phi) is 15.0. The molecular weight excluding hydrogens is 442 g/mol. The topological polar surface area (TPSA) is 117 Å². The minimum absolute atomic E-state index is 0. The van der Waals surface area contributed by atoms with Crippen LogP contribution in [0.3, 0.4) is 0 Å². The van der Waals surface area contributed by atoms with Crippen LogP contribution in [0.4, 0.5) is 17.1 Å². The van der Waals surface area contributed by atoms with Gasteiger partial charge in [0.05, 0.1) is 0 Å². The molecule has 1 heterocycles. The molecule has 194 valence electrons. The maximum atomic E-state index is 5.95. The van der Waals surface area contributed by atoms with Crippen LogP contribution in [0.25, 0.3) is 0 Å². The van der Waals surface area contributed by atoms with E-state index in [4.69, 9.17) is 17.2 Å². The summed E-state index contributed by atoms with van der Waals surface area (Å²) in [7, 11) is 1.50. The van der Waals surface area contributed by atoms with Gasteiger partial charge in [-0.1, -0.05) is 37.8 Å². The number of benzene rings is 3. The van der Waals surface area contributed by atoms with E-state index in [1.54, 1.807) is 12.4 Å². The van der Waals surface area contributed by atoms with Gasteiger partial charge in [0.25, 0.3) is 0 Å². The molecule has 0 aliphatic rings. The van der Waals surface area contributed by atoms with Crippen LogP contribution < -0.4 is 22.9 Å². The minimum atomic E-state index is 0. The van der Waals surface area contributed by atoms with Gasteiger partial charge < -0.3 is 22.9 Å². The molecule has 0 unspecified atom stereocenters. The van der Waals surface area contributed by atoms with Crippen molar-refractivity contribution < 1.29 is 0 Å². The number of hydrogen-bond donors (Lipinski definition) is 4. The lowest BCUT2D eigenvalue weighted by Gasteiger charge is -2.15. The second-order valence-corrected chi connectivity index (χ2v) is 8.22. The van der Waals surface area contributed by atoms with Crippen LogP contribution in [0.1, 0.15) is 46.4 Å². The first-order valence-corrected chi connectivity index (χ1v) is 11.6. The highest BCUT2D eigenvalue weighted by atomic mass is 14.6. The molecule has 1 aromatic heterocycles. The third-order valence-corrected chi connectivity index (χ3v) is 5.99. The average Bonchev–Trinajstić information content (AvgIpc) is 2.91. The summed E-state index contributed by atoms with van der Waals surface area (Å²) in [5.41, 5.74) is 33.3. The molecule has 0 atom stereocenters. The number of rotatable bonds is 2. The molecule has 0 saturated carbocycles. The SMILES string of the molecule is C.CN.Cc1c(C)c(C)c(N)c(C)c1C.Nc1ccc(Cc2ccc(N)cc2)cc1.c1ccncc1. The molecule has 0 amide bonds. The smallest absolute Gasteiger partial charge is 0.0378 e. The van der Waals surface area contributed by atoms with Gasteiger partial charge in [0.15, 0.2) is 0 Å². The fourth-order valence-corrected chi connectivity index (χ4v) is 3.35. The predicted molar refractivity (Wildman–Crippen MR) is 160 cm³/mol. The number of anilines is 3. The Morgan fingerprint density at radius 2 is 0.861 bits per heavy atom. The van der Waals surface area contributed by atoms with Gasteiger partial charge in [-0.2, -0.15) is 0 Å². The van der Waals surface area contributed by atoms with Crippen molar-refractivity contribution in [2.24, 2.45) is 5.73 Å². The molecule has 5 nitrogen and oxygen atoms in total. The van der Waals surface area contributed by atoms with Crippen molar-refractivity contribution in [3.8, 4) is 0 Å². The molecule has 3 aromatic carbocycles. The van der Waals surface area contributed by atoms with E-state index in [9.17, 15) is 0 Å². The standard InChI is InChI=1S/C13H14N2.C11H17N.C5H5N.CH5N.CH4/c14-12-5-1-10(2-6-12)9-11-3-7-13(15)8-4-11;1-6-7(2)9(4)11(12)10(5)8(6)3;1-2-4-6-5-3-1;1-2;/h1-8H,9,14-15H2;12H2,1-5H3;1-5H;2H2,1H3;1H4. The summed E-state index contributed by atoms with van der Waals surface area (Å²) < 4.78 is 0. The van der Waals surface area contributed by atoms with Crippen LogP contribution in [0.2, 0.25) is 0 Å². The van der Waals surface area contributed by atoms with Crippen LogP contribution in [0, 0.1) is 34.6 Å². The Labute approximate surface area is 218 Å². The van der Waals surface area contributed by atoms with Gasteiger partial charge in [0.1, 0.15) is 0 Å². The highest BCUT2D eigenvalue weighted by Crippen LogP contribution is 2.27. The van der Waals surface area contributed by atoms with E-state index in [2.05, 4.69) is 45.3 Å². The average molecular weight is 488 g/mol. The van der Waals surface area contributed by atoms with Crippen LogP contribution in [-0.4, -0.2) is 12.0 Å². The van der Waals surface area contributed by atoms with Gasteiger partial charge in [0.2, 0.25) is 0 Å². The van der Waals surface area contributed by atoms with Crippen LogP contribution in [-0.2, 0) is 6.42 Å². The van der Waals surface area contributed by atoms with Crippen molar-refractivity contribution in [1.82, 2.24) is 4.98 Å². The summed E-state index contributed by atoms with van der Waals surface area (Å²) >= 11 is 0. The van der Waals surface area contributed by atoms with Gasteiger partial charge >= 0.3 is 0 Å². The zero-order chi connectivity index (χ0) is 26.4. The van der Waals surface area contributed by atoms with Gasteiger partial charge in [-0.15, -0.1) is 0 Å². The van der Waals surface area contributed by atoms with E-state index in [0.717, 1.165) is 23.5 Å². The summed E-state index contributed by atoms with van der Waals surface area (Å²) in [4.78, 5) is 3.78. The molecule has 0 bridgehead atoms. The number of hydrogen-bond acceptors (Lipinski definition) is 5. The van der Waals surface area contributed by atoms with Gasteiger partial charge in [-0.25, -0.2) is 0 Å². The van der Waals surface area contributed by atoms with Crippen LogP contribution in [0.5, 0.6) is 0 Å². The summed E-state index contributed by atoms with van der Waals surface area (Å²) in [6.45, 7) is 10.6. The van der Waals surface area contributed by atoms with Gasteiger partial charge in [-0.3, -0.25) is 4.98 Å². The fourth-order valence-electron chi connectivity index (χ4n) is 3.35. The molecule has 36 heavy (non-hydrogen) atoms.